The molecule has 0 aliphatic carbocycles. The van der Waals surface area contributed by atoms with Crippen LogP contribution in [-0.2, 0) is 11.2 Å². The summed E-state index contributed by atoms with van der Waals surface area (Å²) in [7, 11) is 1.38. The van der Waals surface area contributed by atoms with Gasteiger partial charge in [0.15, 0.2) is 11.6 Å². The number of benzene rings is 1. The molecular formula is C25H30FN3O4S. The molecule has 4 amide bonds. The number of imide groups is 1. The summed E-state index contributed by atoms with van der Waals surface area (Å²) >= 11 is 1.61. The second-order valence-electron chi connectivity index (χ2n) is 8.85. The number of carbonyl (C=O) groups is 3. The molecule has 7 nitrogen and oxygen atoms in total. The van der Waals surface area contributed by atoms with Crippen LogP contribution in [-0.4, -0.2) is 59.9 Å². The lowest BCUT2D eigenvalue weighted by Crippen LogP contribution is -2.56. The van der Waals surface area contributed by atoms with Gasteiger partial charge in [0.05, 0.1) is 7.11 Å². The fourth-order valence-corrected chi connectivity index (χ4v) is 5.82. The van der Waals surface area contributed by atoms with Gasteiger partial charge in [0.1, 0.15) is 5.54 Å². The molecule has 2 saturated heterocycles. The Morgan fingerprint density at radius 1 is 1.26 bits per heavy atom. The van der Waals surface area contributed by atoms with Gasteiger partial charge in [-0.15, -0.1) is 11.3 Å². The van der Waals surface area contributed by atoms with E-state index in [4.69, 9.17) is 4.74 Å². The van der Waals surface area contributed by atoms with E-state index >= 15 is 0 Å². The van der Waals surface area contributed by atoms with Crippen LogP contribution in [0.15, 0.2) is 35.7 Å². The topological polar surface area (TPSA) is 79.0 Å². The zero-order valence-electron chi connectivity index (χ0n) is 19.5. The standard InChI is InChI=1S/C25H30FN3O4S/c1-3-11-25(23(31)29(24(32)27-25)14-10-19-5-4-15-34-19)18-8-12-28(13-9-18)22(30)17-6-7-21(33-2)20(26)16-17/h4-7,15-16,18H,3,8-14H2,1-2H3,(H,27,32)/t25-/m0/s1. The minimum atomic E-state index is -0.928. The van der Waals surface area contributed by atoms with E-state index in [1.54, 1.807) is 22.3 Å². The molecule has 2 aromatic rings. The third kappa shape index (κ3) is 4.53. The van der Waals surface area contributed by atoms with Crippen LogP contribution in [0.25, 0.3) is 0 Å². The van der Waals surface area contributed by atoms with E-state index < -0.39 is 11.4 Å². The van der Waals surface area contributed by atoms with Crippen LogP contribution in [0, 0.1) is 11.7 Å². The minimum Gasteiger partial charge on any atom is -0.494 e. The number of piperidine rings is 1. The van der Waals surface area contributed by atoms with E-state index in [2.05, 4.69) is 5.32 Å². The highest BCUT2D eigenvalue weighted by atomic mass is 32.1. The molecule has 2 aliphatic heterocycles. The Kier molecular flexibility index (Phi) is 7.21. The molecule has 2 aliphatic rings. The molecular weight excluding hydrogens is 457 g/mol. The number of rotatable bonds is 8. The highest BCUT2D eigenvalue weighted by Crippen LogP contribution is 2.37. The fraction of sp³-hybridized carbons (Fsp3) is 0.480. The molecule has 4 rings (SSSR count). The van der Waals surface area contributed by atoms with E-state index in [1.807, 2.05) is 24.4 Å². The quantitative estimate of drug-likeness (QED) is 0.569. The SMILES string of the molecule is CCC[C@@]1(C2CCN(C(=O)c3ccc(OC)c(F)c3)CC2)NC(=O)N(CCc2cccs2)C1=O. The summed E-state index contributed by atoms with van der Waals surface area (Å²) in [5.41, 5.74) is -0.659. The van der Waals surface area contributed by atoms with Gasteiger partial charge >= 0.3 is 6.03 Å². The molecule has 1 N–H and O–H groups in total. The maximum Gasteiger partial charge on any atom is 0.325 e. The molecule has 182 valence electrons. The van der Waals surface area contributed by atoms with Gasteiger partial charge in [0, 0.05) is 30.1 Å². The Balaban J connectivity index is 1.43. The minimum absolute atomic E-state index is 0.0627. The predicted molar refractivity (Wildman–Crippen MR) is 127 cm³/mol. The summed E-state index contributed by atoms with van der Waals surface area (Å²) < 4.78 is 19.0. The summed E-state index contributed by atoms with van der Waals surface area (Å²) in [6, 6.07) is 7.83. The maximum atomic E-state index is 14.1. The Morgan fingerprint density at radius 3 is 2.65 bits per heavy atom. The van der Waals surface area contributed by atoms with Gasteiger partial charge in [-0.2, -0.15) is 0 Å². The lowest BCUT2D eigenvalue weighted by atomic mass is 9.74. The number of urea groups is 1. The molecule has 0 saturated carbocycles. The van der Waals surface area contributed by atoms with E-state index in [-0.39, 0.29) is 35.1 Å². The zero-order chi connectivity index (χ0) is 24.3. The van der Waals surface area contributed by atoms with Crippen LogP contribution in [0.3, 0.4) is 0 Å². The molecule has 1 aromatic heterocycles. The number of nitrogens with zero attached hydrogens (tertiary/aromatic N) is 2. The number of methoxy groups -OCH3 is 1. The van der Waals surface area contributed by atoms with Crippen molar-refractivity contribution in [3.05, 3.63) is 52.0 Å². The highest BCUT2D eigenvalue weighted by Gasteiger charge is 2.55. The second-order valence-corrected chi connectivity index (χ2v) is 9.89. The maximum absolute atomic E-state index is 14.1. The number of nitrogens with one attached hydrogen (secondary N) is 1. The third-order valence-electron chi connectivity index (χ3n) is 6.89. The van der Waals surface area contributed by atoms with Crippen molar-refractivity contribution >= 4 is 29.2 Å². The number of halogens is 1. The zero-order valence-corrected chi connectivity index (χ0v) is 20.3. The van der Waals surface area contributed by atoms with Crippen LogP contribution in [0.5, 0.6) is 5.75 Å². The van der Waals surface area contributed by atoms with Gasteiger partial charge in [-0.1, -0.05) is 19.4 Å². The van der Waals surface area contributed by atoms with Crippen LogP contribution in [0.2, 0.25) is 0 Å². The number of hydrogen-bond donors (Lipinski definition) is 1. The molecule has 9 heteroatoms. The van der Waals surface area contributed by atoms with Crippen molar-refractivity contribution in [3.8, 4) is 5.75 Å². The van der Waals surface area contributed by atoms with Gasteiger partial charge < -0.3 is 15.0 Å². The first kappa shape index (κ1) is 24.2. The number of likely N-dealkylation sites (tertiary alicyclic amines) is 1. The van der Waals surface area contributed by atoms with E-state index in [0.717, 1.165) is 11.3 Å². The fourth-order valence-electron chi connectivity index (χ4n) is 5.13. The molecule has 0 unspecified atom stereocenters. The van der Waals surface area contributed by atoms with E-state index in [9.17, 15) is 18.8 Å². The molecule has 2 fully saturated rings. The predicted octanol–water partition coefficient (Wildman–Crippen LogP) is 4.08. The van der Waals surface area contributed by atoms with Crippen LogP contribution in [0.4, 0.5) is 9.18 Å². The van der Waals surface area contributed by atoms with Crippen molar-refractivity contribution < 1.29 is 23.5 Å². The van der Waals surface area contributed by atoms with Gasteiger partial charge in [-0.25, -0.2) is 9.18 Å². The second kappa shape index (κ2) is 10.1. The van der Waals surface area contributed by atoms with Gasteiger partial charge in [-0.3, -0.25) is 14.5 Å². The molecule has 34 heavy (non-hydrogen) atoms. The molecule has 0 radical (unpaired) electrons. The number of hydrogen-bond acceptors (Lipinski definition) is 5. The Bertz CT molecular complexity index is 1050. The Morgan fingerprint density at radius 2 is 2.03 bits per heavy atom. The molecule has 1 atom stereocenters. The normalized spacial score (nSPS) is 21.1. The first-order valence-corrected chi connectivity index (χ1v) is 12.6. The number of thiophene rings is 1. The molecule has 3 heterocycles. The first-order valence-electron chi connectivity index (χ1n) is 11.7. The summed E-state index contributed by atoms with van der Waals surface area (Å²) in [6.45, 7) is 3.26. The summed E-state index contributed by atoms with van der Waals surface area (Å²) in [6.07, 6.45) is 3.15. The third-order valence-corrected chi connectivity index (χ3v) is 7.82. The van der Waals surface area contributed by atoms with Crippen molar-refractivity contribution in [2.24, 2.45) is 5.92 Å². The smallest absolute Gasteiger partial charge is 0.325 e. The van der Waals surface area contributed by atoms with E-state index in [0.29, 0.717) is 45.3 Å². The highest BCUT2D eigenvalue weighted by molar-refractivity contribution is 7.09. The summed E-state index contributed by atoms with van der Waals surface area (Å²) in [5.74, 6) is -0.947. The van der Waals surface area contributed by atoms with Gasteiger partial charge in [-0.05, 0) is 61.2 Å². The van der Waals surface area contributed by atoms with Gasteiger partial charge in [0.25, 0.3) is 11.8 Å². The van der Waals surface area contributed by atoms with Crippen molar-refractivity contribution in [1.29, 1.82) is 0 Å². The number of amides is 4. The first-order chi connectivity index (χ1) is 16.4. The average molecular weight is 488 g/mol. The van der Waals surface area contributed by atoms with Crippen molar-refractivity contribution in [3.63, 3.8) is 0 Å². The van der Waals surface area contributed by atoms with Crippen molar-refractivity contribution in [2.75, 3.05) is 26.7 Å². The van der Waals surface area contributed by atoms with Gasteiger partial charge in [0.2, 0.25) is 0 Å². The largest absolute Gasteiger partial charge is 0.494 e. The van der Waals surface area contributed by atoms with E-state index in [1.165, 1.54) is 24.1 Å². The average Bonchev–Trinajstić information content (AvgIpc) is 3.44. The Labute approximate surface area is 202 Å². The van der Waals surface area contributed by atoms with Crippen LogP contribution < -0.4 is 10.1 Å². The summed E-state index contributed by atoms with van der Waals surface area (Å²) in [4.78, 5) is 43.4. The lowest BCUT2D eigenvalue weighted by Gasteiger charge is -2.41. The van der Waals surface area contributed by atoms with Crippen LogP contribution in [0.1, 0.15) is 47.8 Å². The summed E-state index contributed by atoms with van der Waals surface area (Å²) in [5, 5.41) is 5.02. The molecule has 0 bridgehead atoms. The van der Waals surface area contributed by atoms with Crippen LogP contribution >= 0.6 is 11.3 Å². The lowest BCUT2D eigenvalue weighted by molar-refractivity contribution is -0.134. The molecule has 1 aromatic carbocycles. The number of carbonyl (C=O) groups excluding carboxylic acids is 3. The number of ether oxygens (including phenoxy) is 1. The molecule has 0 spiro atoms. The van der Waals surface area contributed by atoms with Crippen molar-refractivity contribution in [2.45, 2.75) is 44.6 Å². The van der Waals surface area contributed by atoms with Crippen molar-refractivity contribution in [1.82, 2.24) is 15.1 Å². The Hall–Kier alpha value is -2.94. The monoisotopic (exact) mass is 487 g/mol.